The molecule has 1 aromatic carbocycles. The molecule has 1 aliphatic rings. The van der Waals surface area contributed by atoms with Crippen LogP contribution in [0, 0.1) is 0 Å². The van der Waals surface area contributed by atoms with Gasteiger partial charge in [-0.15, -0.1) is 0 Å². The molecule has 0 bridgehead atoms. The van der Waals surface area contributed by atoms with Gasteiger partial charge < -0.3 is 4.98 Å². The molecule has 0 amide bonds. The topological polar surface area (TPSA) is 12.0 Å². The van der Waals surface area contributed by atoms with Crippen molar-refractivity contribution in [1.29, 1.82) is 0 Å². The van der Waals surface area contributed by atoms with Crippen LogP contribution in [0.4, 0.5) is 0 Å². The van der Waals surface area contributed by atoms with E-state index in [1.165, 1.54) is 16.7 Å². The van der Waals surface area contributed by atoms with Crippen molar-refractivity contribution in [1.82, 2.24) is 4.98 Å². The van der Waals surface area contributed by atoms with Gasteiger partial charge >= 0.3 is 0 Å². The van der Waals surface area contributed by atoms with E-state index < -0.39 is 8.24 Å². The summed E-state index contributed by atoms with van der Waals surface area (Å²) >= 11 is 0. The highest BCUT2D eigenvalue weighted by atomic mass is 28.3. The highest BCUT2D eigenvalue weighted by Gasteiger charge is 2.39. The Bertz CT molecular complexity index is 588. The molecule has 1 unspecified atom stereocenters. The second kappa shape index (κ2) is 7.94. The van der Waals surface area contributed by atoms with Crippen molar-refractivity contribution in [2.75, 3.05) is 0 Å². The van der Waals surface area contributed by atoms with E-state index in [-0.39, 0.29) is 5.54 Å². The van der Waals surface area contributed by atoms with Crippen LogP contribution in [0.25, 0.3) is 6.08 Å². The van der Waals surface area contributed by atoms with Gasteiger partial charge in [-0.25, -0.2) is 0 Å². The lowest BCUT2D eigenvalue weighted by atomic mass is 10.1. The molecule has 0 aliphatic heterocycles. The highest BCUT2D eigenvalue weighted by Crippen LogP contribution is 2.41. The summed E-state index contributed by atoms with van der Waals surface area (Å²) in [5.74, 6) is 0. The summed E-state index contributed by atoms with van der Waals surface area (Å²) in [6.45, 7) is 19.4. The Kier molecular flexibility index (Phi) is 6.79. The van der Waals surface area contributed by atoms with Crippen LogP contribution in [-0.2, 0) is 0 Å². The van der Waals surface area contributed by atoms with Crippen LogP contribution >= 0.6 is 0 Å². The maximum absolute atomic E-state index is 3.91. The smallest absolute Gasteiger partial charge is 0.131 e. The van der Waals surface area contributed by atoms with E-state index in [1.807, 2.05) is 19.1 Å². The Morgan fingerprint density at radius 2 is 1.78 bits per heavy atom. The summed E-state index contributed by atoms with van der Waals surface area (Å²) in [6, 6.07) is 8.84. The van der Waals surface area contributed by atoms with Gasteiger partial charge in [0, 0.05) is 11.1 Å². The zero-order valence-electron chi connectivity index (χ0n) is 15.9. The maximum Gasteiger partial charge on any atom is 0.131 e. The fraction of sp³-hybridized carbons (Fsp3) is 0.429. The van der Waals surface area contributed by atoms with Crippen LogP contribution in [0.1, 0.15) is 51.3 Å². The van der Waals surface area contributed by atoms with E-state index >= 15 is 0 Å². The summed E-state index contributed by atoms with van der Waals surface area (Å²) in [5.41, 5.74) is 5.24. The number of allylic oxidation sites excluding steroid dienone is 4. The first-order valence-electron chi connectivity index (χ1n) is 8.42. The summed E-state index contributed by atoms with van der Waals surface area (Å²) in [5, 5.41) is 0. The number of rotatable bonds is 3. The normalized spacial score (nSPS) is 17.3. The third-order valence-electron chi connectivity index (χ3n) is 3.89. The third kappa shape index (κ3) is 5.63. The second-order valence-corrected chi connectivity index (χ2v) is 12.1. The van der Waals surface area contributed by atoms with Crippen LogP contribution < -0.4 is 4.98 Å². The zero-order chi connectivity index (χ0) is 17.7. The molecule has 2 rings (SSSR count). The molecular formula is C21H33NSi. The van der Waals surface area contributed by atoms with Crippen molar-refractivity contribution in [2.24, 2.45) is 0 Å². The van der Waals surface area contributed by atoms with Gasteiger partial charge in [0.15, 0.2) is 0 Å². The largest absolute Gasteiger partial charge is 0.332 e. The molecule has 1 nitrogen and oxygen atoms in total. The van der Waals surface area contributed by atoms with Gasteiger partial charge in [-0.3, -0.25) is 0 Å². The van der Waals surface area contributed by atoms with E-state index in [9.17, 15) is 0 Å². The van der Waals surface area contributed by atoms with Crippen LogP contribution in [0.2, 0.25) is 13.1 Å². The van der Waals surface area contributed by atoms with Gasteiger partial charge in [0.25, 0.3) is 0 Å². The summed E-state index contributed by atoms with van der Waals surface area (Å²) in [6.07, 6.45) is 7.94. The van der Waals surface area contributed by atoms with E-state index in [4.69, 9.17) is 0 Å². The van der Waals surface area contributed by atoms with Crippen LogP contribution in [0.5, 0.6) is 0 Å². The Balaban J connectivity index is 0.000000463. The molecule has 0 saturated carbocycles. The number of hydrogen-bond donors (Lipinski definition) is 1. The Morgan fingerprint density at radius 3 is 2.26 bits per heavy atom. The van der Waals surface area contributed by atoms with Crippen molar-refractivity contribution in [3.8, 4) is 0 Å². The van der Waals surface area contributed by atoms with E-state index in [2.05, 4.69) is 82.7 Å². The average Bonchev–Trinajstić information content (AvgIpc) is 2.74. The quantitative estimate of drug-likeness (QED) is 0.525. The minimum Gasteiger partial charge on any atom is -0.332 e. The van der Waals surface area contributed by atoms with Crippen LogP contribution in [-0.4, -0.2) is 13.8 Å². The molecule has 0 aromatic heterocycles. The first-order chi connectivity index (χ1) is 10.6. The van der Waals surface area contributed by atoms with Gasteiger partial charge in [0.05, 0.1) is 0 Å². The van der Waals surface area contributed by atoms with Gasteiger partial charge in [-0.05, 0) is 45.7 Å². The minimum atomic E-state index is -1.54. The molecule has 1 aromatic rings. The molecule has 2 heteroatoms. The molecule has 1 aliphatic carbocycles. The van der Waals surface area contributed by atoms with Gasteiger partial charge in [-0.2, -0.15) is 0 Å². The maximum atomic E-state index is 3.91. The van der Waals surface area contributed by atoms with Gasteiger partial charge in [0.2, 0.25) is 0 Å². The fourth-order valence-electron chi connectivity index (χ4n) is 3.61. The van der Waals surface area contributed by atoms with Gasteiger partial charge in [-0.1, -0.05) is 73.8 Å². The predicted octanol–water partition coefficient (Wildman–Crippen LogP) is 6.07. The fourth-order valence-corrected chi connectivity index (χ4v) is 7.95. The van der Waals surface area contributed by atoms with Crippen molar-refractivity contribution in [2.45, 2.75) is 58.8 Å². The lowest BCUT2D eigenvalue weighted by Crippen LogP contribution is -2.58. The molecule has 0 fully saturated rings. The first-order valence-corrected chi connectivity index (χ1v) is 11.5. The summed E-state index contributed by atoms with van der Waals surface area (Å²) < 4.78 is 0. The zero-order valence-corrected chi connectivity index (χ0v) is 16.9. The molecule has 1 N–H and O–H groups in total. The summed E-state index contributed by atoms with van der Waals surface area (Å²) in [4.78, 5) is 3.91. The Labute approximate surface area is 144 Å². The molecule has 0 heterocycles. The molecular weight excluding hydrogens is 294 g/mol. The molecule has 126 valence electrons. The number of nitrogens with one attached hydrogen (secondary N) is 1. The van der Waals surface area contributed by atoms with Crippen LogP contribution in [0.3, 0.4) is 0 Å². The highest BCUT2D eigenvalue weighted by molar-refractivity contribution is 6.77. The van der Waals surface area contributed by atoms with Crippen molar-refractivity contribution < 1.29 is 0 Å². The summed E-state index contributed by atoms with van der Waals surface area (Å²) in [7, 11) is -1.54. The van der Waals surface area contributed by atoms with Crippen molar-refractivity contribution >= 4 is 14.3 Å². The minimum absolute atomic E-state index is 0.188. The molecule has 0 spiro atoms. The lowest BCUT2D eigenvalue weighted by molar-refractivity contribution is 0.508. The number of fused-ring (bicyclic) bond motifs is 1. The third-order valence-corrected chi connectivity index (χ3v) is 7.50. The molecule has 1 atom stereocenters. The van der Waals surface area contributed by atoms with Crippen molar-refractivity contribution in [3.05, 3.63) is 65.8 Å². The SMILES string of the molecule is C=C/C=C/C.CC1=Cc2ccccc2C1[Si](C)(C)NC(C)(C)C. The standard InChI is InChI=1S/C16H25NSi.C5H8/c1-12-11-13-9-7-8-10-14(13)15(12)18(5,6)17-16(2,3)4;1-3-5-4-2/h7-11,15,17H,1-6H3;3-5H,1H2,2H3/b;5-4+. The Morgan fingerprint density at radius 1 is 1.17 bits per heavy atom. The monoisotopic (exact) mass is 327 g/mol. The number of benzene rings is 1. The molecule has 0 radical (unpaired) electrons. The average molecular weight is 328 g/mol. The van der Waals surface area contributed by atoms with E-state index in [1.54, 1.807) is 6.08 Å². The van der Waals surface area contributed by atoms with E-state index in [0.717, 1.165) is 0 Å². The molecule has 0 saturated heterocycles. The Hall–Kier alpha value is -1.38. The number of hydrogen-bond acceptors (Lipinski definition) is 1. The second-order valence-electron chi connectivity index (χ2n) is 7.81. The predicted molar refractivity (Wildman–Crippen MR) is 108 cm³/mol. The first kappa shape index (κ1) is 19.7. The lowest BCUT2D eigenvalue weighted by Gasteiger charge is -2.38. The van der Waals surface area contributed by atoms with Gasteiger partial charge in [0.1, 0.15) is 8.24 Å². The molecule has 23 heavy (non-hydrogen) atoms. The van der Waals surface area contributed by atoms with Crippen molar-refractivity contribution in [3.63, 3.8) is 0 Å². The van der Waals surface area contributed by atoms with Crippen LogP contribution in [0.15, 0.2) is 54.6 Å². The van der Waals surface area contributed by atoms with E-state index in [0.29, 0.717) is 5.54 Å².